The number of nitrogens with one attached hydrogen (secondary N) is 2. The third-order valence-corrected chi connectivity index (χ3v) is 5.19. The van der Waals surface area contributed by atoms with E-state index in [-0.39, 0.29) is 4.80 Å². The summed E-state index contributed by atoms with van der Waals surface area (Å²) in [5.74, 6) is 0. The summed E-state index contributed by atoms with van der Waals surface area (Å²) < 4.78 is 1.37. The van der Waals surface area contributed by atoms with Crippen LogP contribution in [-0.2, 0) is 0 Å². The fraction of sp³-hybridized carbons (Fsp3) is 0. The number of fused-ring (bicyclic) bond motifs is 1. The second-order valence-electron chi connectivity index (χ2n) is 5.70. The van der Waals surface area contributed by atoms with Gasteiger partial charge in [-0.2, -0.15) is 0 Å². The van der Waals surface area contributed by atoms with Crippen molar-refractivity contribution < 1.29 is 4.79 Å². The average molecular weight is 380 g/mol. The molecule has 0 fully saturated rings. The first kappa shape index (κ1) is 16.6. The van der Waals surface area contributed by atoms with Crippen molar-refractivity contribution in [2.45, 2.75) is 0 Å². The lowest BCUT2D eigenvalue weighted by Crippen LogP contribution is -2.28. The molecule has 0 aliphatic heterocycles. The Hall–Kier alpha value is -2.89. The van der Waals surface area contributed by atoms with Crippen LogP contribution >= 0.6 is 22.9 Å². The normalized spacial score (nSPS) is 10.8. The van der Waals surface area contributed by atoms with Crippen LogP contribution in [0.4, 0.5) is 10.5 Å². The van der Waals surface area contributed by atoms with Crippen LogP contribution < -0.4 is 10.1 Å². The molecule has 0 bridgehead atoms. The van der Waals surface area contributed by atoms with E-state index < -0.39 is 6.03 Å². The van der Waals surface area contributed by atoms with Gasteiger partial charge in [0.25, 0.3) is 0 Å². The number of nitrogens with zero attached hydrogens (tertiary/aromatic N) is 1. The molecule has 128 valence electrons. The van der Waals surface area contributed by atoms with Gasteiger partial charge in [-0.05, 0) is 22.9 Å². The molecule has 0 unspecified atom stereocenters. The van der Waals surface area contributed by atoms with E-state index >= 15 is 0 Å². The van der Waals surface area contributed by atoms with Gasteiger partial charge in [0, 0.05) is 10.9 Å². The van der Waals surface area contributed by atoms with Gasteiger partial charge < -0.3 is 5.32 Å². The molecule has 0 radical (unpaired) electrons. The Morgan fingerprint density at radius 1 is 1.00 bits per heavy atom. The van der Waals surface area contributed by atoms with Crippen LogP contribution in [0.1, 0.15) is 0 Å². The lowest BCUT2D eigenvalue weighted by Gasteiger charge is -2.12. The van der Waals surface area contributed by atoms with Crippen LogP contribution in [0, 0.1) is 5.41 Å². The lowest BCUT2D eigenvalue weighted by atomic mass is 10.0. The molecule has 4 rings (SSSR count). The highest BCUT2D eigenvalue weighted by Crippen LogP contribution is 2.29. The molecule has 0 aliphatic rings. The van der Waals surface area contributed by atoms with Crippen molar-refractivity contribution in [1.82, 2.24) is 4.57 Å². The molecular formula is C20H14ClN3OS. The quantitative estimate of drug-likeness (QED) is 0.469. The summed E-state index contributed by atoms with van der Waals surface area (Å²) in [6, 6.07) is 20.6. The second-order valence-corrected chi connectivity index (χ2v) is 6.96. The van der Waals surface area contributed by atoms with Gasteiger partial charge in [-0.15, -0.1) is 11.3 Å². The Kier molecular flexibility index (Phi) is 4.32. The summed E-state index contributed by atoms with van der Waals surface area (Å²) in [5.41, 5.74) is 2.11. The van der Waals surface area contributed by atoms with Crippen LogP contribution in [0.2, 0.25) is 5.02 Å². The number of para-hydroxylation sites is 1. The van der Waals surface area contributed by atoms with Crippen LogP contribution in [-0.4, -0.2) is 10.6 Å². The maximum absolute atomic E-state index is 12.9. The Morgan fingerprint density at radius 3 is 2.58 bits per heavy atom. The van der Waals surface area contributed by atoms with Gasteiger partial charge in [-0.3, -0.25) is 5.41 Å². The highest BCUT2D eigenvalue weighted by molar-refractivity contribution is 7.07. The molecule has 1 heterocycles. The number of aromatic nitrogens is 1. The van der Waals surface area contributed by atoms with E-state index in [1.54, 1.807) is 24.3 Å². The van der Waals surface area contributed by atoms with E-state index in [4.69, 9.17) is 17.0 Å². The van der Waals surface area contributed by atoms with Gasteiger partial charge in [-0.1, -0.05) is 66.2 Å². The van der Waals surface area contributed by atoms with Crippen molar-refractivity contribution >= 4 is 45.4 Å². The van der Waals surface area contributed by atoms with Crippen molar-refractivity contribution in [2.75, 3.05) is 5.32 Å². The fourth-order valence-corrected chi connectivity index (χ4v) is 3.82. The summed E-state index contributed by atoms with van der Waals surface area (Å²) in [6.07, 6.45) is 0. The van der Waals surface area contributed by atoms with E-state index in [1.165, 1.54) is 15.9 Å². The monoisotopic (exact) mass is 379 g/mol. The number of thiazole rings is 1. The number of carbonyl (C=O) groups excluding carboxylic acids is 1. The average Bonchev–Trinajstić information content (AvgIpc) is 3.04. The maximum atomic E-state index is 12.9. The van der Waals surface area contributed by atoms with E-state index in [9.17, 15) is 4.79 Å². The smallest absolute Gasteiger partial charge is 0.306 e. The third-order valence-electron chi connectivity index (χ3n) is 4.11. The first-order chi connectivity index (χ1) is 12.6. The maximum Gasteiger partial charge on any atom is 0.332 e. The molecule has 3 aromatic carbocycles. The number of hydrogen-bond acceptors (Lipinski definition) is 3. The summed E-state index contributed by atoms with van der Waals surface area (Å²) >= 11 is 7.35. The van der Waals surface area contributed by atoms with Crippen molar-refractivity contribution in [3.63, 3.8) is 0 Å². The van der Waals surface area contributed by atoms with Crippen molar-refractivity contribution in [2.24, 2.45) is 0 Å². The number of rotatable bonds is 2. The number of benzene rings is 3. The highest BCUT2D eigenvalue weighted by Gasteiger charge is 2.16. The fourth-order valence-electron chi connectivity index (χ4n) is 2.89. The van der Waals surface area contributed by atoms with E-state index in [0.717, 1.165) is 16.3 Å². The minimum atomic E-state index is -0.410. The number of carbonyl (C=O) groups is 1. The predicted molar refractivity (Wildman–Crippen MR) is 107 cm³/mol. The van der Waals surface area contributed by atoms with E-state index in [0.29, 0.717) is 16.4 Å². The summed E-state index contributed by atoms with van der Waals surface area (Å²) in [7, 11) is 0. The number of halogens is 1. The standard InChI is InChI=1S/C20H14ClN3OS/c21-16-10-3-4-11-17(16)23-20(25)24-18(12-26-19(24)22)15-9-5-7-13-6-1-2-8-14(13)15/h1-12,22H,(H,23,25). The Balaban J connectivity index is 1.82. The highest BCUT2D eigenvalue weighted by atomic mass is 35.5. The Morgan fingerprint density at radius 2 is 1.73 bits per heavy atom. The molecule has 1 aromatic heterocycles. The van der Waals surface area contributed by atoms with Gasteiger partial charge in [0.2, 0.25) is 0 Å². The summed E-state index contributed by atoms with van der Waals surface area (Å²) in [5, 5.41) is 15.4. The summed E-state index contributed by atoms with van der Waals surface area (Å²) in [6.45, 7) is 0. The second kappa shape index (κ2) is 6.78. The lowest BCUT2D eigenvalue weighted by molar-refractivity contribution is 0.253. The molecule has 2 N–H and O–H groups in total. The molecule has 0 saturated carbocycles. The number of hydrogen-bond donors (Lipinski definition) is 2. The van der Waals surface area contributed by atoms with Crippen LogP contribution in [0.3, 0.4) is 0 Å². The van der Waals surface area contributed by atoms with Crippen molar-refractivity contribution in [3.05, 3.63) is 81.9 Å². The molecule has 0 aliphatic carbocycles. The van der Waals surface area contributed by atoms with E-state index in [1.807, 2.05) is 47.8 Å². The van der Waals surface area contributed by atoms with Crippen LogP contribution in [0.15, 0.2) is 72.1 Å². The SMILES string of the molecule is N=c1scc(-c2cccc3ccccc23)n1C(=O)Nc1ccccc1Cl. The topological polar surface area (TPSA) is 57.9 Å². The van der Waals surface area contributed by atoms with Gasteiger partial charge in [0.15, 0.2) is 4.80 Å². The Labute approximate surface area is 158 Å². The van der Waals surface area contributed by atoms with Crippen LogP contribution in [0.25, 0.3) is 22.0 Å². The molecule has 1 amide bonds. The third kappa shape index (κ3) is 2.92. The Bertz CT molecular complexity index is 1170. The zero-order valence-corrected chi connectivity index (χ0v) is 15.1. The molecular weight excluding hydrogens is 366 g/mol. The zero-order chi connectivity index (χ0) is 18.1. The molecule has 0 saturated heterocycles. The first-order valence-electron chi connectivity index (χ1n) is 7.94. The molecule has 6 heteroatoms. The van der Waals surface area contributed by atoms with Crippen molar-refractivity contribution in [3.8, 4) is 11.3 Å². The molecule has 4 nitrogen and oxygen atoms in total. The van der Waals surface area contributed by atoms with Crippen molar-refractivity contribution in [1.29, 1.82) is 5.41 Å². The molecule has 26 heavy (non-hydrogen) atoms. The largest absolute Gasteiger partial charge is 0.332 e. The minimum Gasteiger partial charge on any atom is -0.306 e. The number of amides is 1. The van der Waals surface area contributed by atoms with Crippen LogP contribution in [0.5, 0.6) is 0 Å². The molecule has 0 spiro atoms. The number of anilines is 1. The first-order valence-corrected chi connectivity index (χ1v) is 9.20. The molecule has 0 atom stereocenters. The van der Waals surface area contributed by atoms with Gasteiger partial charge >= 0.3 is 6.03 Å². The summed E-state index contributed by atoms with van der Waals surface area (Å²) in [4.78, 5) is 13.0. The van der Waals surface area contributed by atoms with E-state index in [2.05, 4.69) is 5.32 Å². The zero-order valence-electron chi connectivity index (χ0n) is 13.6. The van der Waals surface area contributed by atoms with Gasteiger partial charge in [0.1, 0.15) is 0 Å². The minimum absolute atomic E-state index is 0.150. The van der Waals surface area contributed by atoms with Gasteiger partial charge in [0.05, 0.1) is 16.4 Å². The van der Waals surface area contributed by atoms with Gasteiger partial charge in [-0.25, -0.2) is 9.36 Å². The molecule has 4 aromatic rings. The predicted octanol–water partition coefficient (Wildman–Crippen LogP) is 5.58.